The molecule has 2 N–H and O–H groups in total. The van der Waals surface area contributed by atoms with E-state index in [0.29, 0.717) is 12.1 Å². The van der Waals surface area contributed by atoms with Crippen LogP contribution in [0.15, 0.2) is 42.9 Å². The molecule has 0 radical (unpaired) electrons. The fourth-order valence-corrected chi connectivity index (χ4v) is 5.22. The minimum Gasteiger partial charge on any atom is -0.506 e. The zero-order valence-corrected chi connectivity index (χ0v) is 22.0. The van der Waals surface area contributed by atoms with Gasteiger partial charge in [-0.25, -0.2) is 14.4 Å². The van der Waals surface area contributed by atoms with Gasteiger partial charge in [-0.05, 0) is 52.8 Å². The van der Waals surface area contributed by atoms with Crippen LogP contribution in [-0.2, 0) is 6.18 Å². The van der Waals surface area contributed by atoms with Gasteiger partial charge in [-0.15, -0.1) is 10.2 Å². The number of piperidine rings is 1. The molecule has 0 bridgehead atoms. The van der Waals surface area contributed by atoms with Crippen molar-refractivity contribution >= 4 is 5.65 Å². The van der Waals surface area contributed by atoms with Crippen molar-refractivity contribution < 1.29 is 27.4 Å². The smallest absolute Gasteiger partial charge is 0.420 e. The molecule has 2 atom stereocenters. The molecule has 0 aliphatic carbocycles. The molecule has 5 rings (SSSR count). The lowest BCUT2D eigenvalue weighted by atomic mass is 9.79. The Morgan fingerprint density at radius 3 is 2.46 bits per heavy atom. The SMILES string of the molecule is Cc1cn2cc(-c3cnc(-c4ccc(O[C@H]5CC(C)(C)NC(C)(C)[C@H]5F)nn4)c(O)c3)cc(C(F)(F)F)c2n1. The van der Waals surface area contributed by atoms with Gasteiger partial charge in [0.15, 0.2) is 6.17 Å². The minimum atomic E-state index is -4.62. The second kappa shape index (κ2) is 9.15. The highest BCUT2D eigenvalue weighted by Gasteiger charge is 2.47. The lowest BCUT2D eigenvalue weighted by molar-refractivity contribution is -0.136. The number of ether oxygens (including phenoxy) is 1. The van der Waals surface area contributed by atoms with E-state index in [9.17, 15) is 18.3 Å². The van der Waals surface area contributed by atoms with E-state index in [1.54, 1.807) is 20.8 Å². The predicted octanol–water partition coefficient (Wildman–Crippen LogP) is 5.52. The van der Waals surface area contributed by atoms with E-state index in [1.165, 1.54) is 41.2 Å². The van der Waals surface area contributed by atoms with Crippen molar-refractivity contribution in [3.05, 3.63) is 54.1 Å². The Balaban J connectivity index is 1.40. The molecular formula is C27H28F4N6O2. The molecule has 1 aliphatic heterocycles. The first-order valence-corrected chi connectivity index (χ1v) is 12.3. The topological polar surface area (TPSA) is 97.5 Å². The number of nitrogens with one attached hydrogen (secondary N) is 1. The van der Waals surface area contributed by atoms with Crippen LogP contribution >= 0.6 is 0 Å². The molecule has 39 heavy (non-hydrogen) atoms. The number of fused-ring (bicyclic) bond motifs is 1. The van der Waals surface area contributed by atoms with Crippen LogP contribution in [0.3, 0.4) is 0 Å². The van der Waals surface area contributed by atoms with Crippen molar-refractivity contribution in [2.45, 2.75) is 70.6 Å². The number of imidazole rings is 1. The molecule has 4 aromatic heterocycles. The van der Waals surface area contributed by atoms with Gasteiger partial charge in [0.2, 0.25) is 5.88 Å². The van der Waals surface area contributed by atoms with E-state index in [-0.39, 0.29) is 45.3 Å². The van der Waals surface area contributed by atoms with E-state index < -0.39 is 29.6 Å². The van der Waals surface area contributed by atoms with Crippen LogP contribution in [0.25, 0.3) is 28.2 Å². The van der Waals surface area contributed by atoms with E-state index in [1.807, 2.05) is 13.8 Å². The van der Waals surface area contributed by atoms with Crippen molar-refractivity contribution in [1.82, 2.24) is 29.9 Å². The van der Waals surface area contributed by atoms with Gasteiger partial charge in [0.1, 0.15) is 28.9 Å². The standard InChI is InChI=1S/C27H28F4N6O2/c1-14-12-37-13-16(8-17(24(37)33-14)27(29,30)31)15-9-19(38)22(32-11-15)18-6-7-21(35-34-18)39-20-10-25(2,3)36-26(4,5)23(20)28/h6-9,11-13,20,23,36,38H,10H2,1-5H3/t20-,23-/m0/s1. The Kier molecular flexibility index (Phi) is 6.28. The number of hydrogen-bond acceptors (Lipinski definition) is 7. The van der Waals surface area contributed by atoms with Crippen LogP contribution in [-0.4, -0.2) is 53.0 Å². The van der Waals surface area contributed by atoms with Gasteiger partial charge in [0, 0.05) is 53.3 Å². The maximum atomic E-state index is 15.1. The summed E-state index contributed by atoms with van der Waals surface area (Å²) in [6, 6.07) is 5.32. The molecule has 0 saturated carbocycles. The number of rotatable bonds is 4. The monoisotopic (exact) mass is 544 g/mol. The summed E-state index contributed by atoms with van der Waals surface area (Å²) in [5, 5.41) is 22.1. The minimum absolute atomic E-state index is 0.0842. The number of pyridine rings is 2. The average Bonchev–Trinajstić information content (AvgIpc) is 3.20. The number of hydrogen-bond donors (Lipinski definition) is 2. The molecule has 206 valence electrons. The molecule has 1 saturated heterocycles. The number of aryl methyl sites for hydroxylation is 1. The number of aromatic nitrogens is 5. The Morgan fingerprint density at radius 2 is 1.82 bits per heavy atom. The van der Waals surface area contributed by atoms with Crippen LogP contribution in [0.4, 0.5) is 17.6 Å². The molecule has 12 heteroatoms. The van der Waals surface area contributed by atoms with Crippen molar-refractivity contribution in [2.24, 2.45) is 0 Å². The maximum Gasteiger partial charge on any atom is 0.420 e. The molecular weight excluding hydrogens is 516 g/mol. The summed E-state index contributed by atoms with van der Waals surface area (Å²) in [7, 11) is 0. The van der Waals surface area contributed by atoms with Gasteiger partial charge < -0.3 is 19.6 Å². The highest BCUT2D eigenvalue weighted by molar-refractivity contribution is 5.72. The summed E-state index contributed by atoms with van der Waals surface area (Å²) in [5.74, 6) is -0.170. The van der Waals surface area contributed by atoms with Gasteiger partial charge in [0.25, 0.3) is 0 Å². The summed E-state index contributed by atoms with van der Waals surface area (Å²) < 4.78 is 63.3. The first-order valence-electron chi connectivity index (χ1n) is 12.3. The third kappa shape index (κ3) is 5.25. The Bertz CT molecular complexity index is 1530. The lowest BCUT2D eigenvalue weighted by Gasteiger charge is -2.48. The average molecular weight is 545 g/mol. The van der Waals surface area contributed by atoms with Crippen molar-refractivity contribution in [3.63, 3.8) is 0 Å². The van der Waals surface area contributed by atoms with Crippen molar-refractivity contribution in [1.29, 1.82) is 0 Å². The largest absolute Gasteiger partial charge is 0.506 e. The van der Waals surface area contributed by atoms with E-state index in [0.717, 1.165) is 6.07 Å². The summed E-state index contributed by atoms with van der Waals surface area (Å²) in [6.07, 6.45) is -1.88. The van der Waals surface area contributed by atoms with E-state index >= 15 is 4.39 Å². The van der Waals surface area contributed by atoms with Gasteiger partial charge in [-0.2, -0.15) is 13.2 Å². The fourth-order valence-electron chi connectivity index (χ4n) is 5.22. The quantitative estimate of drug-likeness (QED) is 0.327. The highest BCUT2D eigenvalue weighted by atomic mass is 19.4. The predicted molar refractivity (Wildman–Crippen MR) is 136 cm³/mol. The Morgan fingerprint density at radius 1 is 1.08 bits per heavy atom. The van der Waals surface area contributed by atoms with Gasteiger partial charge in [-0.3, -0.25) is 0 Å². The summed E-state index contributed by atoms with van der Waals surface area (Å²) >= 11 is 0. The third-order valence-electron chi connectivity index (χ3n) is 6.72. The van der Waals surface area contributed by atoms with Gasteiger partial charge in [-0.1, -0.05) is 0 Å². The second-order valence-corrected chi connectivity index (χ2v) is 11.1. The molecule has 0 unspecified atom stereocenters. The number of halogens is 4. The van der Waals surface area contributed by atoms with Crippen LogP contribution in [0.2, 0.25) is 0 Å². The number of aromatic hydroxyl groups is 1. The lowest BCUT2D eigenvalue weighted by Crippen LogP contribution is -2.66. The molecule has 1 aliphatic rings. The summed E-state index contributed by atoms with van der Waals surface area (Å²) in [4.78, 5) is 8.21. The molecule has 0 aromatic carbocycles. The molecule has 5 heterocycles. The van der Waals surface area contributed by atoms with E-state index in [4.69, 9.17) is 4.74 Å². The second-order valence-electron chi connectivity index (χ2n) is 11.1. The normalized spacial score (nSPS) is 20.7. The molecule has 1 fully saturated rings. The van der Waals surface area contributed by atoms with Crippen molar-refractivity contribution in [2.75, 3.05) is 0 Å². The van der Waals surface area contributed by atoms with Gasteiger partial charge in [0.05, 0.1) is 11.3 Å². The van der Waals surface area contributed by atoms with Crippen LogP contribution in [0.1, 0.15) is 45.4 Å². The molecule has 4 aromatic rings. The Labute approximate surface area is 222 Å². The highest BCUT2D eigenvalue weighted by Crippen LogP contribution is 2.37. The zero-order chi connectivity index (χ0) is 28.3. The maximum absolute atomic E-state index is 15.1. The fraction of sp³-hybridized carbons (Fsp3) is 0.407. The number of alkyl halides is 4. The first-order chi connectivity index (χ1) is 18.1. The summed E-state index contributed by atoms with van der Waals surface area (Å²) in [6.45, 7) is 9.11. The Hall–Kier alpha value is -3.80. The van der Waals surface area contributed by atoms with Gasteiger partial charge >= 0.3 is 6.18 Å². The van der Waals surface area contributed by atoms with E-state index in [2.05, 4.69) is 25.5 Å². The van der Waals surface area contributed by atoms with Crippen LogP contribution < -0.4 is 10.1 Å². The third-order valence-corrected chi connectivity index (χ3v) is 6.72. The molecule has 8 nitrogen and oxygen atoms in total. The van der Waals surface area contributed by atoms with Crippen LogP contribution in [0, 0.1) is 6.92 Å². The zero-order valence-electron chi connectivity index (χ0n) is 22.0. The molecule has 0 spiro atoms. The van der Waals surface area contributed by atoms with Crippen molar-refractivity contribution in [3.8, 4) is 34.1 Å². The molecule has 0 amide bonds. The first kappa shape index (κ1) is 26.8. The summed E-state index contributed by atoms with van der Waals surface area (Å²) in [5.41, 5.74) is -1.03. The number of nitrogens with zero attached hydrogens (tertiary/aromatic N) is 5. The van der Waals surface area contributed by atoms with Crippen LogP contribution in [0.5, 0.6) is 11.6 Å².